The largest absolute Gasteiger partial charge is 0.341 e. The molecule has 2 aromatic carbocycles. The molecule has 0 amide bonds. The summed E-state index contributed by atoms with van der Waals surface area (Å²) in [5, 5.41) is 2.23. The summed E-state index contributed by atoms with van der Waals surface area (Å²) in [6.45, 7) is 0.644. The van der Waals surface area contributed by atoms with Gasteiger partial charge >= 0.3 is 0 Å². The molecule has 100 valence electrons. The molecule has 0 aliphatic rings. The fourth-order valence-electron chi connectivity index (χ4n) is 2.35. The number of rotatable bonds is 3. The quantitative estimate of drug-likeness (QED) is 0.636. The van der Waals surface area contributed by atoms with Gasteiger partial charge in [-0.25, -0.2) is 0 Å². The highest BCUT2D eigenvalue weighted by atomic mass is 35.5. The summed E-state index contributed by atoms with van der Waals surface area (Å²) in [7, 11) is 0. The van der Waals surface area contributed by atoms with Gasteiger partial charge in [-0.15, -0.1) is 0 Å². The minimum Gasteiger partial charge on any atom is -0.341 e. The van der Waals surface area contributed by atoms with E-state index in [2.05, 4.69) is 0 Å². The summed E-state index contributed by atoms with van der Waals surface area (Å²) in [5.41, 5.74) is 2.63. The average molecular weight is 304 g/mol. The molecule has 0 atom stereocenters. The molecule has 3 aromatic rings. The van der Waals surface area contributed by atoms with Gasteiger partial charge in [0.2, 0.25) is 0 Å². The van der Waals surface area contributed by atoms with E-state index in [1.54, 1.807) is 0 Å². The third kappa shape index (κ3) is 2.33. The Balaban J connectivity index is 2.11. The van der Waals surface area contributed by atoms with Crippen molar-refractivity contribution in [3.8, 4) is 0 Å². The van der Waals surface area contributed by atoms with Crippen molar-refractivity contribution < 1.29 is 4.79 Å². The van der Waals surface area contributed by atoms with Gasteiger partial charge in [0, 0.05) is 28.7 Å². The van der Waals surface area contributed by atoms with Crippen LogP contribution in [0.5, 0.6) is 0 Å². The number of benzene rings is 2. The molecule has 0 unspecified atom stereocenters. The topological polar surface area (TPSA) is 22.0 Å². The van der Waals surface area contributed by atoms with Gasteiger partial charge in [0.1, 0.15) is 0 Å². The number of aldehydes is 1. The molecule has 1 aromatic heterocycles. The number of carbonyl (C=O) groups is 1. The maximum absolute atomic E-state index is 11.2. The molecule has 0 N–H and O–H groups in total. The van der Waals surface area contributed by atoms with Crippen LogP contribution in [0.3, 0.4) is 0 Å². The first-order valence-corrected chi connectivity index (χ1v) is 6.91. The van der Waals surface area contributed by atoms with Crippen molar-refractivity contribution in [3.05, 3.63) is 69.8 Å². The third-order valence-corrected chi connectivity index (χ3v) is 3.83. The molecule has 0 aliphatic carbocycles. The van der Waals surface area contributed by atoms with Crippen molar-refractivity contribution in [1.29, 1.82) is 0 Å². The second kappa shape index (κ2) is 5.31. The second-order valence-electron chi connectivity index (χ2n) is 4.59. The summed E-state index contributed by atoms with van der Waals surface area (Å²) in [4.78, 5) is 11.2. The monoisotopic (exact) mass is 303 g/mol. The van der Waals surface area contributed by atoms with E-state index in [0.29, 0.717) is 22.2 Å². The molecular formula is C16H11Cl2NO. The molecule has 0 spiro atoms. The maximum atomic E-state index is 11.2. The number of hydrogen-bond acceptors (Lipinski definition) is 1. The summed E-state index contributed by atoms with van der Waals surface area (Å²) >= 11 is 12.2. The Labute approximate surface area is 126 Å². The molecule has 0 aliphatic heterocycles. The molecular weight excluding hydrogens is 293 g/mol. The van der Waals surface area contributed by atoms with Crippen molar-refractivity contribution in [3.63, 3.8) is 0 Å². The summed E-state index contributed by atoms with van der Waals surface area (Å²) < 4.78 is 1.99. The van der Waals surface area contributed by atoms with Crippen molar-refractivity contribution >= 4 is 40.4 Å². The van der Waals surface area contributed by atoms with Crippen LogP contribution < -0.4 is 0 Å². The molecule has 4 heteroatoms. The third-order valence-electron chi connectivity index (χ3n) is 3.27. The predicted molar refractivity (Wildman–Crippen MR) is 82.9 cm³/mol. The Kier molecular flexibility index (Phi) is 3.51. The molecule has 0 fully saturated rings. The van der Waals surface area contributed by atoms with Gasteiger partial charge in [-0.3, -0.25) is 4.79 Å². The minimum atomic E-state index is 0.643. The fraction of sp³-hybridized carbons (Fsp3) is 0.0625. The number of fused-ring (bicyclic) bond motifs is 1. The zero-order valence-electron chi connectivity index (χ0n) is 10.5. The Morgan fingerprint density at radius 3 is 2.50 bits per heavy atom. The van der Waals surface area contributed by atoms with Crippen LogP contribution in [-0.2, 0) is 6.54 Å². The van der Waals surface area contributed by atoms with Gasteiger partial charge in [-0.2, -0.15) is 0 Å². The van der Waals surface area contributed by atoms with E-state index in [1.165, 1.54) is 0 Å². The van der Waals surface area contributed by atoms with E-state index >= 15 is 0 Å². The molecule has 0 radical (unpaired) electrons. The molecule has 0 saturated heterocycles. The fourth-order valence-corrected chi connectivity index (χ4v) is 2.76. The Bertz CT molecular complexity index is 775. The van der Waals surface area contributed by atoms with Crippen LogP contribution in [-0.4, -0.2) is 10.9 Å². The Morgan fingerprint density at radius 2 is 1.80 bits per heavy atom. The maximum Gasteiger partial charge on any atom is 0.152 e. The zero-order valence-corrected chi connectivity index (χ0v) is 12.0. The predicted octanol–water partition coefficient (Wildman–Crippen LogP) is 4.81. The summed E-state index contributed by atoms with van der Waals surface area (Å²) in [6.07, 6.45) is 2.69. The minimum absolute atomic E-state index is 0.643. The van der Waals surface area contributed by atoms with Crippen molar-refractivity contribution in [2.24, 2.45) is 0 Å². The molecule has 2 nitrogen and oxygen atoms in total. The van der Waals surface area contributed by atoms with E-state index in [0.717, 1.165) is 22.8 Å². The molecule has 1 heterocycles. The van der Waals surface area contributed by atoms with Crippen LogP contribution in [0.2, 0.25) is 10.0 Å². The highest BCUT2D eigenvalue weighted by Gasteiger charge is 2.11. The number of carbonyl (C=O) groups excluding carboxylic acids is 1. The summed E-state index contributed by atoms with van der Waals surface area (Å²) in [6, 6.07) is 13.2. The summed E-state index contributed by atoms with van der Waals surface area (Å²) in [5.74, 6) is 0. The number of para-hydroxylation sites is 1. The van der Waals surface area contributed by atoms with Gasteiger partial charge in [-0.05, 0) is 23.8 Å². The van der Waals surface area contributed by atoms with Gasteiger partial charge in [0.05, 0.1) is 10.5 Å². The number of halogens is 2. The highest BCUT2D eigenvalue weighted by molar-refractivity contribution is 6.35. The Hall–Kier alpha value is -1.77. The molecule has 0 bridgehead atoms. The lowest BCUT2D eigenvalue weighted by Gasteiger charge is -2.07. The van der Waals surface area contributed by atoms with Gasteiger partial charge in [0.25, 0.3) is 0 Å². The van der Waals surface area contributed by atoms with Crippen LogP contribution in [0.15, 0.2) is 48.7 Å². The van der Waals surface area contributed by atoms with Gasteiger partial charge in [0.15, 0.2) is 6.29 Å². The van der Waals surface area contributed by atoms with Crippen molar-refractivity contribution in [2.45, 2.75) is 6.54 Å². The lowest BCUT2D eigenvalue weighted by atomic mass is 10.2. The molecule has 3 rings (SSSR count). The lowest BCUT2D eigenvalue weighted by molar-refractivity contribution is 0.112. The van der Waals surface area contributed by atoms with E-state index < -0.39 is 0 Å². The van der Waals surface area contributed by atoms with Crippen molar-refractivity contribution in [1.82, 2.24) is 4.57 Å². The van der Waals surface area contributed by atoms with Gasteiger partial charge < -0.3 is 4.57 Å². The van der Waals surface area contributed by atoms with Crippen LogP contribution >= 0.6 is 23.2 Å². The van der Waals surface area contributed by atoms with Gasteiger partial charge in [-0.1, -0.05) is 47.5 Å². The van der Waals surface area contributed by atoms with Crippen LogP contribution in [0.25, 0.3) is 10.9 Å². The molecule has 20 heavy (non-hydrogen) atoms. The van der Waals surface area contributed by atoms with E-state index in [-0.39, 0.29) is 0 Å². The van der Waals surface area contributed by atoms with E-state index in [9.17, 15) is 4.79 Å². The number of hydrogen-bond donors (Lipinski definition) is 0. The van der Waals surface area contributed by atoms with E-state index in [1.807, 2.05) is 53.2 Å². The van der Waals surface area contributed by atoms with Crippen LogP contribution in [0.4, 0.5) is 0 Å². The highest BCUT2D eigenvalue weighted by Crippen LogP contribution is 2.28. The standard InChI is InChI=1S/C16H11Cl2NO/c17-13-6-4-11(5-7-13)8-19-9-12(10-20)14-2-1-3-15(18)16(14)19/h1-7,9-10H,8H2. The van der Waals surface area contributed by atoms with Crippen LogP contribution in [0, 0.1) is 0 Å². The van der Waals surface area contributed by atoms with Crippen LogP contribution in [0.1, 0.15) is 15.9 Å². The average Bonchev–Trinajstić information content (AvgIpc) is 2.81. The SMILES string of the molecule is O=Cc1cn(Cc2ccc(Cl)cc2)c2c(Cl)cccc12. The second-order valence-corrected chi connectivity index (χ2v) is 5.44. The number of aromatic nitrogens is 1. The number of nitrogens with zero attached hydrogens (tertiary/aromatic N) is 1. The normalized spacial score (nSPS) is 10.9. The zero-order chi connectivity index (χ0) is 14.1. The molecule has 0 saturated carbocycles. The Morgan fingerprint density at radius 1 is 1.05 bits per heavy atom. The first-order chi connectivity index (χ1) is 9.69. The lowest BCUT2D eigenvalue weighted by Crippen LogP contribution is -1.98. The van der Waals surface area contributed by atoms with Crippen molar-refractivity contribution in [2.75, 3.05) is 0 Å². The smallest absolute Gasteiger partial charge is 0.152 e. The first kappa shape index (κ1) is 13.2. The van der Waals surface area contributed by atoms with E-state index in [4.69, 9.17) is 23.2 Å². The first-order valence-electron chi connectivity index (χ1n) is 6.16.